The summed E-state index contributed by atoms with van der Waals surface area (Å²) in [4.78, 5) is 6.63. The molecule has 0 amide bonds. The topological polar surface area (TPSA) is 28.2 Å². The predicted molar refractivity (Wildman–Crippen MR) is 82.1 cm³/mol. The number of rotatable bonds is 6. The second-order valence-corrected chi connectivity index (χ2v) is 6.32. The summed E-state index contributed by atoms with van der Waals surface area (Å²) < 4.78 is 1.07. The van der Waals surface area contributed by atoms with Gasteiger partial charge < -0.3 is 10.2 Å². The average molecular weight is 314 g/mol. The van der Waals surface area contributed by atoms with Crippen LogP contribution in [0.3, 0.4) is 0 Å². The lowest BCUT2D eigenvalue weighted by atomic mass is 10.0. The van der Waals surface area contributed by atoms with E-state index in [1.165, 1.54) is 5.56 Å². The van der Waals surface area contributed by atoms with Crippen molar-refractivity contribution in [3.8, 4) is 0 Å². The molecule has 1 N–H and O–H groups in total. The monoisotopic (exact) mass is 313 g/mol. The Morgan fingerprint density at radius 1 is 1.39 bits per heavy atom. The molecule has 0 radical (unpaired) electrons. The molecular weight excluding hydrogens is 290 g/mol. The second kappa shape index (κ2) is 7.10. The van der Waals surface area contributed by atoms with E-state index in [0.29, 0.717) is 12.0 Å². The third-order valence-electron chi connectivity index (χ3n) is 2.76. The van der Waals surface area contributed by atoms with E-state index >= 15 is 0 Å². The Bertz CT molecular complexity index is 367. The Labute approximate surface area is 119 Å². The van der Waals surface area contributed by atoms with E-state index in [-0.39, 0.29) is 0 Å². The van der Waals surface area contributed by atoms with Gasteiger partial charge in [-0.15, -0.1) is 0 Å². The standard InChI is InChI=1S/C14H24BrN3/c1-10(2)8-12(9-18(4)5)17-14-13(15)11(3)6-7-16-14/h6-7,10,12H,8-9H2,1-5H3,(H,16,17). The smallest absolute Gasteiger partial charge is 0.140 e. The highest BCUT2D eigenvalue weighted by Gasteiger charge is 2.14. The summed E-state index contributed by atoms with van der Waals surface area (Å²) in [5, 5.41) is 3.55. The van der Waals surface area contributed by atoms with Crippen LogP contribution >= 0.6 is 15.9 Å². The molecule has 0 fully saturated rings. The maximum Gasteiger partial charge on any atom is 0.140 e. The van der Waals surface area contributed by atoms with Gasteiger partial charge in [0, 0.05) is 18.8 Å². The fourth-order valence-corrected chi connectivity index (χ4v) is 2.37. The summed E-state index contributed by atoms with van der Waals surface area (Å²) in [6.07, 6.45) is 2.99. The first-order chi connectivity index (χ1) is 8.40. The summed E-state index contributed by atoms with van der Waals surface area (Å²) in [5.74, 6) is 1.62. The molecule has 102 valence electrons. The average Bonchev–Trinajstić information content (AvgIpc) is 2.23. The van der Waals surface area contributed by atoms with Crippen LogP contribution in [0, 0.1) is 12.8 Å². The highest BCUT2D eigenvalue weighted by atomic mass is 79.9. The summed E-state index contributed by atoms with van der Waals surface area (Å²) in [6, 6.07) is 2.43. The van der Waals surface area contributed by atoms with Crippen molar-refractivity contribution in [2.75, 3.05) is 26.0 Å². The number of halogens is 1. The van der Waals surface area contributed by atoms with Gasteiger partial charge in [0.15, 0.2) is 0 Å². The highest BCUT2D eigenvalue weighted by molar-refractivity contribution is 9.10. The molecule has 4 heteroatoms. The lowest BCUT2D eigenvalue weighted by Gasteiger charge is -2.25. The fraction of sp³-hybridized carbons (Fsp3) is 0.643. The van der Waals surface area contributed by atoms with Gasteiger partial charge in [0.2, 0.25) is 0 Å². The van der Waals surface area contributed by atoms with Crippen molar-refractivity contribution in [1.29, 1.82) is 0 Å². The van der Waals surface area contributed by atoms with E-state index in [1.54, 1.807) is 0 Å². The van der Waals surface area contributed by atoms with Gasteiger partial charge in [-0.2, -0.15) is 0 Å². The van der Waals surface area contributed by atoms with Crippen molar-refractivity contribution in [2.45, 2.75) is 33.2 Å². The van der Waals surface area contributed by atoms with Gasteiger partial charge >= 0.3 is 0 Å². The summed E-state index contributed by atoms with van der Waals surface area (Å²) in [7, 11) is 4.21. The lowest BCUT2D eigenvalue weighted by molar-refractivity contribution is 0.356. The quantitative estimate of drug-likeness (QED) is 0.870. The molecule has 0 spiro atoms. The van der Waals surface area contributed by atoms with Gasteiger partial charge in [-0.3, -0.25) is 0 Å². The predicted octanol–water partition coefficient (Wildman–Crippen LogP) is 3.54. The van der Waals surface area contributed by atoms with Crippen LogP contribution in [0.15, 0.2) is 16.7 Å². The molecule has 0 bridgehead atoms. The van der Waals surface area contributed by atoms with Crippen LogP contribution in [0.1, 0.15) is 25.8 Å². The van der Waals surface area contributed by atoms with Crippen LogP contribution < -0.4 is 5.32 Å². The second-order valence-electron chi connectivity index (χ2n) is 5.52. The summed E-state index contributed by atoms with van der Waals surface area (Å²) >= 11 is 3.60. The van der Waals surface area contributed by atoms with Crippen LogP contribution in [-0.4, -0.2) is 36.6 Å². The molecule has 1 atom stereocenters. The third-order valence-corrected chi connectivity index (χ3v) is 3.77. The summed E-state index contributed by atoms with van der Waals surface area (Å²) in [5.41, 5.74) is 1.21. The first-order valence-corrected chi connectivity index (χ1v) is 7.21. The number of aromatic nitrogens is 1. The number of aryl methyl sites for hydroxylation is 1. The van der Waals surface area contributed by atoms with E-state index in [1.807, 2.05) is 12.3 Å². The van der Waals surface area contributed by atoms with Gasteiger partial charge in [0.05, 0.1) is 4.47 Å². The molecule has 0 saturated carbocycles. The maximum atomic E-state index is 4.42. The zero-order chi connectivity index (χ0) is 13.7. The lowest BCUT2D eigenvalue weighted by Crippen LogP contribution is -2.34. The van der Waals surface area contributed by atoms with Crippen LogP contribution in [0.5, 0.6) is 0 Å². The van der Waals surface area contributed by atoms with Gasteiger partial charge in [-0.05, 0) is 60.9 Å². The van der Waals surface area contributed by atoms with Gasteiger partial charge in [-0.25, -0.2) is 4.98 Å². The number of nitrogens with zero attached hydrogens (tertiary/aromatic N) is 2. The highest BCUT2D eigenvalue weighted by Crippen LogP contribution is 2.24. The zero-order valence-corrected chi connectivity index (χ0v) is 13.6. The molecule has 0 aliphatic rings. The minimum Gasteiger partial charge on any atom is -0.365 e. The zero-order valence-electron chi connectivity index (χ0n) is 12.0. The molecule has 0 aliphatic carbocycles. The SMILES string of the molecule is Cc1ccnc(NC(CC(C)C)CN(C)C)c1Br. The minimum atomic E-state index is 0.422. The molecule has 3 nitrogen and oxygen atoms in total. The molecule has 1 rings (SSSR count). The Balaban J connectivity index is 2.78. The molecule has 1 heterocycles. The molecule has 1 aromatic rings. The van der Waals surface area contributed by atoms with Crippen molar-refractivity contribution < 1.29 is 0 Å². The number of anilines is 1. The minimum absolute atomic E-state index is 0.422. The van der Waals surface area contributed by atoms with Crippen LogP contribution in [-0.2, 0) is 0 Å². The third kappa shape index (κ3) is 4.94. The summed E-state index contributed by atoms with van der Waals surface area (Å²) in [6.45, 7) is 7.60. The van der Waals surface area contributed by atoms with Gasteiger partial charge in [0.1, 0.15) is 5.82 Å². The first kappa shape index (κ1) is 15.4. The largest absolute Gasteiger partial charge is 0.365 e. The number of hydrogen-bond acceptors (Lipinski definition) is 3. The van der Waals surface area contributed by atoms with Crippen molar-refractivity contribution in [2.24, 2.45) is 5.92 Å². The Morgan fingerprint density at radius 3 is 2.61 bits per heavy atom. The van der Waals surface area contributed by atoms with E-state index in [0.717, 1.165) is 23.3 Å². The van der Waals surface area contributed by atoms with Crippen molar-refractivity contribution in [3.05, 3.63) is 22.3 Å². The molecule has 1 aromatic heterocycles. The van der Waals surface area contributed by atoms with E-state index in [9.17, 15) is 0 Å². The fourth-order valence-electron chi connectivity index (χ4n) is 2.02. The molecular formula is C14H24BrN3. The normalized spacial score (nSPS) is 13.1. The molecule has 0 saturated heterocycles. The van der Waals surface area contributed by atoms with Crippen LogP contribution in [0.4, 0.5) is 5.82 Å². The van der Waals surface area contributed by atoms with Crippen molar-refractivity contribution >= 4 is 21.7 Å². The van der Waals surface area contributed by atoms with Gasteiger partial charge in [0.25, 0.3) is 0 Å². The first-order valence-electron chi connectivity index (χ1n) is 6.42. The number of nitrogens with one attached hydrogen (secondary N) is 1. The number of hydrogen-bond donors (Lipinski definition) is 1. The van der Waals surface area contributed by atoms with E-state index < -0.39 is 0 Å². The van der Waals surface area contributed by atoms with Crippen LogP contribution in [0.25, 0.3) is 0 Å². The Kier molecular flexibility index (Phi) is 6.09. The van der Waals surface area contributed by atoms with Crippen molar-refractivity contribution in [1.82, 2.24) is 9.88 Å². The van der Waals surface area contributed by atoms with Crippen molar-refractivity contribution in [3.63, 3.8) is 0 Å². The van der Waals surface area contributed by atoms with E-state index in [4.69, 9.17) is 0 Å². The Hall–Kier alpha value is -0.610. The molecule has 18 heavy (non-hydrogen) atoms. The molecule has 0 aliphatic heterocycles. The van der Waals surface area contributed by atoms with Crippen LogP contribution in [0.2, 0.25) is 0 Å². The Morgan fingerprint density at radius 2 is 2.06 bits per heavy atom. The van der Waals surface area contributed by atoms with E-state index in [2.05, 4.69) is 66.0 Å². The molecule has 1 unspecified atom stereocenters. The molecule has 0 aromatic carbocycles. The maximum absolute atomic E-state index is 4.42. The number of likely N-dealkylation sites (N-methyl/N-ethyl adjacent to an activating group) is 1. The van der Waals surface area contributed by atoms with Gasteiger partial charge in [-0.1, -0.05) is 13.8 Å². The number of pyridine rings is 1.